The Morgan fingerprint density at radius 3 is 1.67 bits per heavy atom. The molecule has 1 aliphatic carbocycles. The Morgan fingerprint density at radius 2 is 1.13 bits per heavy atom. The fourth-order valence-electron chi connectivity index (χ4n) is 7.32. The number of nitrogens with one attached hydrogen (secondary N) is 2. The minimum absolute atomic E-state index is 0.00950. The van der Waals surface area contributed by atoms with Gasteiger partial charge in [-0.2, -0.15) is 0 Å². The van der Waals surface area contributed by atoms with Crippen LogP contribution in [0, 0.1) is 11.8 Å². The van der Waals surface area contributed by atoms with Crippen LogP contribution in [0.3, 0.4) is 0 Å². The topological polar surface area (TPSA) is 185 Å². The van der Waals surface area contributed by atoms with Crippen molar-refractivity contribution >= 4 is 42.1 Å². The Labute approximate surface area is 349 Å². The first-order valence-corrected chi connectivity index (χ1v) is 20.5. The van der Waals surface area contributed by atoms with Crippen molar-refractivity contribution in [1.82, 2.24) is 25.3 Å². The monoisotopic (exact) mass is 824 g/mol. The summed E-state index contributed by atoms with van der Waals surface area (Å²) in [7, 11) is 0. The molecule has 2 N–H and O–H groups in total. The number of aliphatic imine (C=N–C) groups is 1. The van der Waals surface area contributed by atoms with Gasteiger partial charge in [0.2, 0.25) is 11.9 Å². The first-order valence-electron chi connectivity index (χ1n) is 20.5. The van der Waals surface area contributed by atoms with Gasteiger partial charge in [-0.1, -0.05) is 110 Å². The van der Waals surface area contributed by atoms with Gasteiger partial charge in [0, 0.05) is 32.7 Å². The molecular formula is C44H52N6O10. The summed E-state index contributed by atoms with van der Waals surface area (Å²) >= 11 is 0. The molecule has 16 nitrogen and oxygen atoms in total. The van der Waals surface area contributed by atoms with E-state index in [4.69, 9.17) is 18.9 Å². The predicted octanol–water partition coefficient (Wildman–Crippen LogP) is 6.00. The van der Waals surface area contributed by atoms with E-state index in [2.05, 4.69) is 15.6 Å². The number of carbonyl (C=O) groups excluding carboxylic acids is 6. The molecule has 2 atom stereocenters. The molecule has 318 valence electrons. The molecule has 6 amide bonds. The van der Waals surface area contributed by atoms with Crippen molar-refractivity contribution in [3.8, 4) is 0 Å². The maximum atomic E-state index is 13.8. The lowest BCUT2D eigenvalue weighted by atomic mass is 9.83. The number of guanidine groups is 1. The average molecular weight is 825 g/mol. The Morgan fingerprint density at radius 1 is 0.633 bits per heavy atom. The summed E-state index contributed by atoms with van der Waals surface area (Å²) in [6.45, 7) is 1.08. The number of amides is 6. The van der Waals surface area contributed by atoms with E-state index in [1.165, 1.54) is 11.3 Å². The van der Waals surface area contributed by atoms with Crippen LogP contribution < -0.4 is 10.6 Å². The van der Waals surface area contributed by atoms with Gasteiger partial charge in [-0.05, 0) is 48.3 Å². The number of nitrogens with zero attached hydrogens (tertiary/aromatic N) is 4. The first kappa shape index (κ1) is 43.1. The fourth-order valence-corrected chi connectivity index (χ4v) is 7.32. The van der Waals surface area contributed by atoms with Crippen molar-refractivity contribution in [2.24, 2.45) is 16.8 Å². The summed E-state index contributed by atoms with van der Waals surface area (Å²) < 4.78 is 21.8. The second kappa shape index (κ2) is 22.1. The van der Waals surface area contributed by atoms with Crippen molar-refractivity contribution in [3.05, 3.63) is 108 Å². The van der Waals surface area contributed by atoms with Gasteiger partial charge in [-0.25, -0.2) is 28.9 Å². The Balaban J connectivity index is 1.05. The Kier molecular flexibility index (Phi) is 15.9. The van der Waals surface area contributed by atoms with Gasteiger partial charge in [0.1, 0.15) is 19.8 Å². The van der Waals surface area contributed by atoms with E-state index in [0.717, 1.165) is 47.3 Å². The van der Waals surface area contributed by atoms with Crippen LogP contribution >= 0.6 is 0 Å². The molecule has 1 unspecified atom stereocenters. The molecule has 16 heteroatoms. The number of imide groups is 1. The molecule has 3 aromatic rings. The van der Waals surface area contributed by atoms with Gasteiger partial charge < -0.3 is 28.7 Å². The second-order valence-corrected chi connectivity index (χ2v) is 14.9. The highest BCUT2D eigenvalue weighted by Crippen LogP contribution is 2.33. The molecule has 1 saturated carbocycles. The number of hydrogen-bond acceptors (Lipinski definition) is 11. The molecule has 3 aliphatic rings. The summed E-state index contributed by atoms with van der Waals surface area (Å²) in [5.74, 6) is -2.01. The molecule has 0 bridgehead atoms. The van der Waals surface area contributed by atoms with E-state index in [-0.39, 0.29) is 71.3 Å². The summed E-state index contributed by atoms with van der Waals surface area (Å²) in [6, 6.07) is 25.3. The second-order valence-electron chi connectivity index (χ2n) is 14.9. The number of benzene rings is 3. The number of ether oxygens (including phenoxy) is 4. The van der Waals surface area contributed by atoms with Crippen molar-refractivity contribution in [2.75, 3.05) is 39.3 Å². The first-order chi connectivity index (χ1) is 29.2. The minimum atomic E-state index is -1.19. The van der Waals surface area contributed by atoms with Crippen LogP contribution in [-0.2, 0) is 48.4 Å². The number of urea groups is 1. The molecule has 3 fully saturated rings. The smallest absolute Gasteiger partial charge is 0.414 e. The number of hydrogen-bond donors (Lipinski definition) is 2. The molecule has 0 aromatic heterocycles. The zero-order chi connectivity index (χ0) is 42.1. The maximum Gasteiger partial charge on any atom is 0.414 e. The number of piperazine rings is 1. The highest BCUT2D eigenvalue weighted by atomic mass is 16.6. The van der Waals surface area contributed by atoms with Crippen LogP contribution in [0.25, 0.3) is 0 Å². The lowest BCUT2D eigenvalue weighted by molar-refractivity contribution is -0.171. The molecule has 0 radical (unpaired) electrons. The zero-order valence-corrected chi connectivity index (χ0v) is 33.6. The molecule has 60 heavy (non-hydrogen) atoms. The Hall–Kier alpha value is -6.45. The molecule has 2 heterocycles. The minimum Gasteiger partial charge on any atom is -0.459 e. The van der Waals surface area contributed by atoms with Crippen molar-refractivity contribution < 1.29 is 47.7 Å². The molecule has 6 rings (SSSR count). The number of carbonyl (C=O) groups is 6. The molecule has 0 spiro atoms. The molecule has 2 saturated heterocycles. The van der Waals surface area contributed by atoms with Gasteiger partial charge in [0.05, 0.1) is 12.5 Å². The third kappa shape index (κ3) is 12.5. The van der Waals surface area contributed by atoms with Crippen molar-refractivity contribution in [3.63, 3.8) is 0 Å². The molecule has 3 aromatic carbocycles. The van der Waals surface area contributed by atoms with Gasteiger partial charge in [0.15, 0.2) is 6.04 Å². The molecular weight excluding hydrogens is 773 g/mol. The van der Waals surface area contributed by atoms with E-state index in [0.29, 0.717) is 12.5 Å². The largest absolute Gasteiger partial charge is 0.459 e. The van der Waals surface area contributed by atoms with Crippen molar-refractivity contribution in [2.45, 2.75) is 70.8 Å². The fraction of sp³-hybridized carbons (Fsp3) is 0.432. The van der Waals surface area contributed by atoms with Gasteiger partial charge in [-0.3, -0.25) is 20.4 Å². The van der Waals surface area contributed by atoms with E-state index < -0.39 is 48.1 Å². The quantitative estimate of drug-likeness (QED) is 0.0518. The number of β-lactam (4-membered cyclic amide) rings is 1. The number of likely N-dealkylation sites (tertiary alicyclic amines) is 1. The van der Waals surface area contributed by atoms with Gasteiger partial charge in [0.25, 0.3) is 0 Å². The van der Waals surface area contributed by atoms with E-state index in [1.54, 1.807) is 41.3 Å². The zero-order valence-electron chi connectivity index (χ0n) is 33.6. The van der Waals surface area contributed by atoms with Crippen LogP contribution in [0.15, 0.2) is 96.0 Å². The third-order valence-corrected chi connectivity index (χ3v) is 10.7. The lowest BCUT2D eigenvalue weighted by Crippen LogP contribution is -2.69. The van der Waals surface area contributed by atoms with Crippen LogP contribution in [0.5, 0.6) is 0 Å². The number of esters is 1. The normalized spacial score (nSPS) is 17.7. The molecule has 2 aliphatic heterocycles. The summed E-state index contributed by atoms with van der Waals surface area (Å²) in [5.41, 5.74) is 2.25. The number of alkyl carbamates (subject to hydrolysis) is 2. The summed E-state index contributed by atoms with van der Waals surface area (Å²) in [4.78, 5) is 87.6. The van der Waals surface area contributed by atoms with Crippen LogP contribution in [0.1, 0.15) is 61.6 Å². The van der Waals surface area contributed by atoms with Crippen LogP contribution in [-0.4, -0.2) is 102 Å². The maximum absolute atomic E-state index is 13.8. The lowest BCUT2D eigenvalue weighted by Gasteiger charge is -2.46. The van der Waals surface area contributed by atoms with E-state index >= 15 is 0 Å². The Bertz CT molecular complexity index is 1880. The van der Waals surface area contributed by atoms with E-state index in [9.17, 15) is 28.8 Å². The van der Waals surface area contributed by atoms with Crippen LogP contribution in [0.2, 0.25) is 0 Å². The van der Waals surface area contributed by atoms with Gasteiger partial charge >= 0.3 is 30.3 Å². The average Bonchev–Trinajstić information content (AvgIpc) is 3.28. The SMILES string of the molecule is O=C(NC(=NCCC[C@H]1C(=O)N(C(=O)N2CCN(C(=O)OCC3CCCCC3)CC2)C1C(=O)OCc1ccccc1)NC(=O)OCc1ccccc1)OCc1ccccc1. The van der Waals surface area contributed by atoms with Crippen molar-refractivity contribution in [1.29, 1.82) is 0 Å². The standard InChI is InChI=1S/C44H52N6O10/c51-38-36(22-13-23-45-40(46-41(53)58-29-33-16-7-2-8-17-33)47-42(54)59-30-34-18-9-3-10-19-34)37(39(52)57-28-32-14-5-1-6-15-32)50(38)43(55)48-24-26-49(27-25-48)44(56)60-31-35-20-11-4-12-21-35/h1-3,5-10,14-19,35-37H,4,11-13,20-31H2,(H2,45,46,47,53,54)/t36-,37?/m1/s1. The number of rotatable bonds is 13. The highest BCUT2D eigenvalue weighted by molar-refractivity contribution is 6.08. The predicted molar refractivity (Wildman–Crippen MR) is 218 cm³/mol. The van der Waals surface area contributed by atoms with Gasteiger partial charge in [-0.15, -0.1) is 0 Å². The highest BCUT2D eigenvalue weighted by Gasteiger charge is 2.56. The van der Waals surface area contributed by atoms with Crippen LogP contribution in [0.4, 0.5) is 19.2 Å². The summed E-state index contributed by atoms with van der Waals surface area (Å²) in [5, 5.41) is 4.87. The summed E-state index contributed by atoms with van der Waals surface area (Å²) in [6.07, 6.45) is 3.81. The third-order valence-electron chi connectivity index (χ3n) is 10.7. The van der Waals surface area contributed by atoms with E-state index in [1.807, 2.05) is 54.6 Å².